The molecule has 146 valence electrons. The van der Waals surface area contributed by atoms with E-state index in [2.05, 4.69) is 5.32 Å². The second-order valence-corrected chi connectivity index (χ2v) is 7.88. The number of primary sulfonamides is 1. The minimum atomic E-state index is -3.91. The van der Waals surface area contributed by atoms with E-state index < -0.39 is 10.0 Å². The van der Waals surface area contributed by atoms with Crippen molar-refractivity contribution in [3.05, 3.63) is 71.5 Å². The number of carbonyl (C=O) groups excluding carboxylic acids is 1. The molecule has 0 saturated carbocycles. The van der Waals surface area contributed by atoms with Gasteiger partial charge in [-0.25, -0.2) is 13.6 Å². The highest BCUT2D eigenvalue weighted by Gasteiger charge is 2.19. The van der Waals surface area contributed by atoms with Crippen LogP contribution >= 0.6 is 0 Å². The van der Waals surface area contributed by atoms with Crippen LogP contribution in [-0.4, -0.2) is 26.0 Å². The van der Waals surface area contributed by atoms with Crippen molar-refractivity contribution in [3.8, 4) is 11.4 Å². The Morgan fingerprint density at radius 3 is 2.36 bits per heavy atom. The summed E-state index contributed by atoms with van der Waals surface area (Å²) in [6.07, 6.45) is 0. The average molecular weight is 399 g/mol. The van der Waals surface area contributed by atoms with Crippen LogP contribution in [-0.2, 0) is 10.0 Å². The van der Waals surface area contributed by atoms with E-state index in [1.165, 1.54) is 25.3 Å². The summed E-state index contributed by atoms with van der Waals surface area (Å²) >= 11 is 0. The Hall–Kier alpha value is -3.10. The largest absolute Gasteiger partial charge is 0.495 e. The van der Waals surface area contributed by atoms with E-state index in [-0.39, 0.29) is 16.5 Å². The Bertz CT molecular complexity index is 1140. The molecule has 0 spiro atoms. The molecule has 0 saturated heterocycles. The number of carbonyl (C=O) groups is 1. The van der Waals surface area contributed by atoms with Gasteiger partial charge in [0.05, 0.1) is 23.3 Å². The van der Waals surface area contributed by atoms with Crippen molar-refractivity contribution in [2.24, 2.45) is 5.14 Å². The number of hydrogen-bond donors (Lipinski definition) is 2. The first-order valence-electron chi connectivity index (χ1n) is 8.49. The van der Waals surface area contributed by atoms with Crippen molar-refractivity contribution >= 4 is 21.6 Å². The first-order chi connectivity index (χ1) is 13.2. The Kier molecular flexibility index (Phi) is 5.26. The number of nitrogens with one attached hydrogen (secondary N) is 1. The van der Waals surface area contributed by atoms with Gasteiger partial charge in [0, 0.05) is 17.1 Å². The molecule has 3 N–H and O–H groups in total. The van der Waals surface area contributed by atoms with Crippen LogP contribution in [0.5, 0.6) is 5.75 Å². The number of sulfonamides is 1. The van der Waals surface area contributed by atoms with E-state index in [0.717, 1.165) is 17.1 Å². The van der Waals surface area contributed by atoms with Crippen molar-refractivity contribution in [2.45, 2.75) is 18.7 Å². The average Bonchev–Trinajstić information content (AvgIpc) is 2.96. The number of nitrogens with zero attached hydrogens (tertiary/aromatic N) is 1. The quantitative estimate of drug-likeness (QED) is 0.688. The maximum Gasteiger partial charge on any atom is 0.257 e. The normalized spacial score (nSPS) is 11.3. The fraction of sp³-hybridized carbons (Fsp3) is 0.150. The van der Waals surface area contributed by atoms with Crippen LogP contribution in [0.25, 0.3) is 5.69 Å². The van der Waals surface area contributed by atoms with Gasteiger partial charge in [0.15, 0.2) is 0 Å². The summed E-state index contributed by atoms with van der Waals surface area (Å²) in [7, 11) is -2.48. The van der Waals surface area contributed by atoms with E-state index in [1.54, 1.807) is 6.07 Å². The number of nitrogens with two attached hydrogens (primary N) is 1. The highest BCUT2D eigenvalue weighted by Crippen LogP contribution is 2.28. The molecule has 0 unspecified atom stereocenters. The molecular weight excluding hydrogens is 378 g/mol. The van der Waals surface area contributed by atoms with Crippen LogP contribution in [0.3, 0.4) is 0 Å². The van der Waals surface area contributed by atoms with E-state index in [1.807, 2.05) is 48.7 Å². The molecule has 1 amide bonds. The maximum atomic E-state index is 12.9. The molecule has 0 fully saturated rings. The van der Waals surface area contributed by atoms with E-state index >= 15 is 0 Å². The van der Waals surface area contributed by atoms with Crippen LogP contribution in [0.1, 0.15) is 21.7 Å². The zero-order valence-corrected chi connectivity index (χ0v) is 16.6. The number of aryl methyl sites for hydroxylation is 1. The van der Waals surface area contributed by atoms with Gasteiger partial charge in [-0.05, 0) is 50.2 Å². The zero-order valence-electron chi connectivity index (χ0n) is 15.8. The molecule has 0 radical (unpaired) electrons. The zero-order chi connectivity index (χ0) is 20.5. The molecule has 2 aromatic carbocycles. The molecule has 3 aromatic rings. The molecular formula is C20H21N3O4S. The van der Waals surface area contributed by atoms with E-state index in [9.17, 15) is 13.2 Å². The molecule has 0 bridgehead atoms. The Morgan fingerprint density at radius 1 is 1.07 bits per heavy atom. The Balaban J connectivity index is 1.99. The van der Waals surface area contributed by atoms with Gasteiger partial charge in [0.25, 0.3) is 5.91 Å². The summed E-state index contributed by atoms with van der Waals surface area (Å²) < 4.78 is 30.4. The Morgan fingerprint density at radius 2 is 1.75 bits per heavy atom. The summed E-state index contributed by atoms with van der Waals surface area (Å²) in [6.45, 7) is 3.77. The van der Waals surface area contributed by atoms with Crippen molar-refractivity contribution in [1.82, 2.24) is 4.57 Å². The van der Waals surface area contributed by atoms with Crippen molar-refractivity contribution in [3.63, 3.8) is 0 Å². The fourth-order valence-electron chi connectivity index (χ4n) is 3.12. The number of anilines is 1. The van der Waals surface area contributed by atoms with Gasteiger partial charge in [0.1, 0.15) is 5.75 Å². The lowest BCUT2D eigenvalue weighted by Gasteiger charge is -2.12. The molecule has 8 heteroatoms. The maximum absolute atomic E-state index is 12.9. The lowest BCUT2D eigenvalue weighted by Crippen LogP contribution is -2.16. The molecule has 0 aliphatic carbocycles. The number of rotatable bonds is 5. The summed E-state index contributed by atoms with van der Waals surface area (Å²) in [5, 5.41) is 7.91. The van der Waals surface area contributed by atoms with Gasteiger partial charge in [-0.2, -0.15) is 0 Å². The summed E-state index contributed by atoms with van der Waals surface area (Å²) in [5.41, 5.74) is 3.32. The number of methoxy groups -OCH3 is 1. The molecule has 7 nitrogen and oxygen atoms in total. The second-order valence-electron chi connectivity index (χ2n) is 6.32. The van der Waals surface area contributed by atoms with Crippen LogP contribution in [0.2, 0.25) is 0 Å². The molecule has 1 heterocycles. The molecule has 3 rings (SSSR count). The van der Waals surface area contributed by atoms with Crippen molar-refractivity contribution < 1.29 is 17.9 Å². The molecule has 28 heavy (non-hydrogen) atoms. The lowest BCUT2D eigenvalue weighted by molar-refractivity contribution is 0.102. The third-order valence-corrected chi connectivity index (χ3v) is 5.35. The Labute approximate surface area is 163 Å². The second kappa shape index (κ2) is 7.49. The predicted octanol–water partition coefficient (Wildman–Crippen LogP) is 3.00. The van der Waals surface area contributed by atoms with Crippen LogP contribution in [0.15, 0.2) is 59.5 Å². The number of ether oxygens (including phenoxy) is 1. The molecule has 0 aliphatic rings. The smallest absolute Gasteiger partial charge is 0.257 e. The molecule has 1 aromatic heterocycles. The monoisotopic (exact) mass is 399 g/mol. The van der Waals surface area contributed by atoms with E-state index in [4.69, 9.17) is 9.88 Å². The number of amides is 1. The van der Waals surface area contributed by atoms with Crippen LogP contribution in [0, 0.1) is 13.8 Å². The number of para-hydroxylation sites is 1. The predicted molar refractivity (Wildman–Crippen MR) is 108 cm³/mol. The van der Waals surface area contributed by atoms with Crippen molar-refractivity contribution in [2.75, 3.05) is 12.4 Å². The highest BCUT2D eigenvalue weighted by atomic mass is 32.2. The first kappa shape index (κ1) is 19.7. The van der Waals surface area contributed by atoms with Crippen molar-refractivity contribution in [1.29, 1.82) is 0 Å². The number of aromatic nitrogens is 1. The summed E-state index contributed by atoms with van der Waals surface area (Å²) in [5.74, 6) is -0.0437. The lowest BCUT2D eigenvalue weighted by atomic mass is 10.2. The van der Waals surface area contributed by atoms with Gasteiger partial charge in [-0.15, -0.1) is 0 Å². The molecule has 0 atom stereocenters. The van der Waals surface area contributed by atoms with Crippen LogP contribution in [0.4, 0.5) is 5.69 Å². The minimum absolute atomic E-state index is 0.113. The highest BCUT2D eigenvalue weighted by molar-refractivity contribution is 7.89. The first-order valence-corrected chi connectivity index (χ1v) is 10.0. The SMILES string of the molecule is COc1ccc(S(N)(=O)=O)cc1NC(=O)c1cc(C)n(-c2ccccc2)c1C. The minimum Gasteiger partial charge on any atom is -0.495 e. The van der Waals surface area contributed by atoms with Gasteiger partial charge in [0.2, 0.25) is 10.0 Å². The summed E-state index contributed by atoms with van der Waals surface area (Å²) in [6, 6.07) is 15.5. The molecule has 0 aliphatic heterocycles. The van der Waals surface area contributed by atoms with Gasteiger partial charge >= 0.3 is 0 Å². The third kappa shape index (κ3) is 3.78. The topological polar surface area (TPSA) is 103 Å². The van der Waals surface area contributed by atoms with Gasteiger partial charge < -0.3 is 14.6 Å². The van der Waals surface area contributed by atoms with Gasteiger partial charge in [-0.1, -0.05) is 18.2 Å². The third-order valence-electron chi connectivity index (χ3n) is 4.44. The van der Waals surface area contributed by atoms with Gasteiger partial charge in [-0.3, -0.25) is 4.79 Å². The van der Waals surface area contributed by atoms with Crippen LogP contribution < -0.4 is 15.2 Å². The summed E-state index contributed by atoms with van der Waals surface area (Å²) in [4.78, 5) is 12.8. The number of hydrogen-bond acceptors (Lipinski definition) is 4. The van der Waals surface area contributed by atoms with E-state index in [0.29, 0.717) is 11.3 Å². The standard InChI is InChI=1S/C20H21N3O4S/c1-13-11-17(14(2)23(13)15-7-5-4-6-8-15)20(24)22-18-12-16(28(21,25)26)9-10-19(18)27-3/h4-12H,1-3H3,(H,22,24)(H2,21,25,26). The number of benzene rings is 2. The fourth-order valence-corrected chi connectivity index (χ4v) is 3.66.